The summed E-state index contributed by atoms with van der Waals surface area (Å²) in [5.74, 6) is 1.73. The first-order valence-electron chi connectivity index (χ1n) is 8.76. The molecule has 0 aromatic heterocycles. The minimum atomic E-state index is -0.492. The van der Waals surface area contributed by atoms with Gasteiger partial charge in [-0.15, -0.1) is 0 Å². The van der Waals surface area contributed by atoms with Crippen LogP contribution in [0.5, 0.6) is 23.0 Å². The molecule has 0 bridgehead atoms. The number of carbonyl (C=O) groups is 1. The first-order valence-corrected chi connectivity index (χ1v) is 9.14. The van der Waals surface area contributed by atoms with Crippen LogP contribution in [0.25, 0.3) is 6.08 Å². The molecule has 1 aliphatic rings. The van der Waals surface area contributed by atoms with E-state index in [9.17, 15) is 4.79 Å². The van der Waals surface area contributed by atoms with Gasteiger partial charge in [-0.2, -0.15) is 0 Å². The highest BCUT2D eigenvalue weighted by atomic mass is 35.5. The second-order valence-corrected chi connectivity index (χ2v) is 6.39. The van der Waals surface area contributed by atoms with Crippen LogP contribution in [0.3, 0.4) is 0 Å². The van der Waals surface area contributed by atoms with Gasteiger partial charge < -0.3 is 23.7 Å². The normalized spacial score (nSPS) is 13.1. The van der Waals surface area contributed by atoms with E-state index in [0.717, 1.165) is 12.0 Å². The van der Waals surface area contributed by atoms with Gasteiger partial charge in [-0.05, 0) is 29.8 Å². The highest BCUT2D eigenvalue weighted by molar-refractivity contribution is 6.32. The van der Waals surface area contributed by atoms with Crippen LogP contribution < -0.4 is 18.9 Å². The summed E-state index contributed by atoms with van der Waals surface area (Å²) in [6.45, 7) is 1.17. The van der Waals surface area contributed by atoms with Crippen molar-refractivity contribution in [1.82, 2.24) is 0 Å². The zero-order valence-corrected chi connectivity index (χ0v) is 16.5. The Bertz CT molecular complexity index is 877. The fraction of sp³-hybridized carbons (Fsp3) is 0.286. The molecule has 0 saturated carbocycles. The molecule has 3 rings (SSSR count). The van der Waals surface area contributed by atoms with Crippen LogP contribution in [0.15, 0.2) is 36.4 Å². The van der Waals surface area contributed by atoms with Crippen molar-refractivity contribution in [3.8, 4) is 23.0 Å². The van der Waals surface area contributed by atoms with Gasteiger partial charge in [0, 0.05) is 18.1 Å². The summed E-state index contributed by atoms with van der Waals surface area (Å²) >= 11 is 6.25. The lowest BCUT2D eigenvalue weighted by molar-refractivity contribution is -0.138. The smallest absolute Gasteiger partial charge is 0.331 e. The quantitative estimate of drug-likeness (QED) is 0.529. The summed E-state index contributed by atoms with van der Waals surface area (Å²) in [7, 11) is 3.10. The number of ether oxygens (including phenoxy) is 5. The van der Waals surface area contributed by atoms with Crippen molar-refractivity contribution in [2.24, 2.45) is 0 Å². The molecule has 1 aliphatic heterocycles. The van der Waals surface area contributed by atoms with Crippen molar-refractivity contribution in [3.63, 3.8) is 0 Å². The fourth-order valence-corrected chi connectivity index (χ4v) is 3.06. The van der Waals surface area contributed by atoms with Gasteiger partial charge >= 0.3 is 5.97 Å². The Hall–Kier alpha value is -2.86. The third kappa shape index (κ3) is 4.70. The molecule has 0 atom stereocenters. The second kappa shape index (κ2) is 9.37. The summed E-state index contributed by atoms with van der Waals surface area (Å²) in [4.78, 5) is 12.1. The summed E-state index contributed by atoms with van der Waals surface area (Å²) in [5.41, 5.74) is 1.42. The predicted molar refractivity (Wildman–Crippen MR) is 105 cm³/mol. The molecule has 0 N–H and O–H groups in total. The number of benzene rings is 2. The van der Waals surface area contributed by atoms with Crippen LogP contribution in [-0.4, -0.2) is 33.4 Å². The average Bonchev–Trinajstić information content (AvgIpc) is 2.96. The van der Waals surface area contributed by atoms with Crippen molar-refractivity contribution >= 4 is 23.6 Å². The maximum atomic E-state index is 12.1. The van der Waals surface area contributed by atoms with Crippen LogP contribution in [-0.2, 0) is 16.1 Å². The number of carbonyl (C=O) groups excluding carboxylic acids is 1. The number of esters is 1. The van der Waals surface area contributed by atoms with Gasteiger partial charge in [-0.3, -0.25) is 0 Å². The molecule has 1 heterocycles. The van der Waals surface area contributed by atoms with E-state index in [1.165, 1.54) is 6.08 Å². The maximum absolute atomic E-state index is 12.1. The fourth-order valence-electron chi connectivity index (χ4n) is 2.77. The van der Waals surface area contributed by atoms with Gasteiger partial charge in [-0.1, -0.05) is 23.7 Å². The number of fused-ring (bicyclic) bond motifs is 1. The lowest BCUT2D eigenvalue weighted by Crippen LogP contribution is -2.02. The summed E-state index contributed by atoms with van der Waals surface area (Å²) in [6, 6.07) is 8.88. The van der Waals surface area contributed by atoms with E-state index in [1.54, 1.807) is 38.5 Å². The van der Waals surface area contributed by atoms with Gasteiger partial charge in [0.2, 0.25) is 0 Å². The number of hydrogen-bond acceptors (Lipinski definition) is 6. The highest BCUT2D eigenvalue weighted by Gasteiger charge is 2.16. The van der Waals surface area contributed by atoms with E-state index >= 15 is 0 Å². The molecule has 28 heavy (non-hydrogen) atoms. The third-order valence-electron chi connectivity index (χ3n) is 4.08. The molecule has 2 aromatic carbocycles. The molecule has 2 aromatic rings. The summed E-state index contributed by atoms with van der Waals surface area (Å²) in [5, 5.41) is 0.433. The molecule has 0 spiro atoms. The Morgan fingerprint density at radius 1 is 1.18 bits per heavy atom. The predicted octanol–water partition coefficient (Wildman–Crippen LogP) is 4.28. The van der Waals surface area contributed by atoms with Crippen molar-refractivity contribution in [3.05, 3.63) is 52.6 Å². The van der Waals surface area contributed by atoms with E-state index in [-0.39, 0.29) is 6.61 Å². The first-order chi connectivity index (χ1) is 13.6. The zero-order chi connectivity index (χ0) is 19.9. The molecular weight excluding hydrogens is 384 g/mol. The van der Waals surface area contributed by atoms with E-state index in [4.69, 9.17) is 35.3 Å². The number of halogens is 1. The lowest BCUT2D eigenvalue weighted by Gasteiger charge is -2.11. The summed E-state index contributed by atoms with van der Waals surface area (Å²) in [6.07, 6.45) is 3.74. The van der Waals surface area contributed by atoms with Gasteiger partial charge in [-0.25, -0.2) is 4.79 Å². The summed E-state index contributed by atoms with van der Waals surface area (Å²) < 4.78 is 27.1. The SMILES string of the molecule is COc1cccc(/C=C/C(=O)OCc2cc(Cl)c3c(c2)OCCCO3)c1OC. The Morgan fingerprint density at radius 2 is 2.00 bits per heavy atom. The molecule has 0 unspecified atom stereocenters. The highest BCUT2D eigenvalue weighted by Crippen LogP contribution is 2.38. The number of methoxy groups -OCH3 is 2. The minimum Gasteiger partial charge on any atom is -0.493 e. The molecule has 0 saturated heterocycles. The van der Waals surface area contributed by atoms with E-state index in [2.05, 4.69) is 0 Å². The van der Waals surface area contributed by atoms with Crippen LogP contribution in [0.1, 0.15) is 17.5 Å². The lowest BCUT2D eigenvalue weighted by atomic mass is 10.1. The molecule has 7 heteroatoms. The molecule has 0 aliphatic carbocycles. The largest absolute Gasteiger partial charge is 0.493 e. The zero-order valence-electron chi connectivity index (χ0n) is 15.7. The van der Waals surface area contributed by atoms with Crippen LogP contribution >= 0.6 is 11.6 Å². The van der Waals surface area contributed by atoms with Crippen LogP contribution in [0.2, 0.25) is 5.02 Å². The third-order valence-corrected chi connectivity index (χ3v) is 4.36. The number of para-hydroxylation sites is 1. The maximum Gasteiger partial charge on any atom is 0.331 e. The van der Waals surface area contributed by atoms with Crippen molar-refractivity contribution < 1.29 is 28.5 Å². The Kier molecular flexibility index (Phi) is 6.66. The van der Waals surface area contributed by atoms with Crippen molar-refractivity contribution in [2.45, 2.75) is 13.0 Å². The van der Waals surface area contributed by atoms with Crippen LogP contribution in [0.4, 0.5) is 0 Å². The Morgan fingerprint density at radius 3 is 2.79 bits per heavy atom. The standard InChI is InChI=1S/C21H21ClO6/c1-24-17-6-3-5-15(20(17)25-2)7-8-19(23)28-13-14-11-16(22)21-18(12-14)26-9-4-10-27-21/h3,5-8,11-12H,4,9-10,13H2,1-2H3/b8-7+. The molecular formula is C21H21ClO6. The average molecular weight is 405 g/mol. The monoisotopic (exact) mass is 404 g/mol. The van der Waals surface area contributed by atoms with Gasteiger partial charge in [0.25, 0.3) is 0 Å². The Labute approximate surface area is 168 Å². The van der Waals surface area contributed by atoms with Crippen LogP contribution in [0, 0.1) is 0 Å². The first kappa shape index (κ1) is 19.9. The van der Waals surface area contributed by atoms with Gasteiger partial charge in [0.1, 0.15) is 6.61 Å². The molecule has 0 radical (unpaired) electrons. The van der Waals surface area contributed by atoms with Crippen molar-refractivity contribution in [1.29, 1.82) is 0 Å². The molecule has 0 amide bonds. The van der Waals surface area contributed by atoms with Gasteiger partial charge in [0.15, 0.2) is 23.0 Å². The minimum absolute atomic E-state index is 0.0643. The van der Waals surface area contributed by atoms with E-state index in [1.807, 2.05) is 12.1 Å². The van der Waals surface area contributed by atoms with E-state index < -0.39 is 5.97 Å². The van der Waals surface area contributed by atoms with Crippen molar-refractivity contribution in [2.75, 3.05) is 27.4 Å². The van der Waals surface area contributed by atoms with Gasteiger partial charge in [0.05, 0.1) is 32.5 Å². The van der Waals surface area contributed by atoms with E-state index in [0.29, 0.717) is 46.8 Å². The molecule has 6 nitrogen and oxygen atoms in total. The number of rotatable bonds is 6. The number of hydrogen-bond donors (Lipinski definition) is 0. The molecule has 0 fully saturated rings. The Balaban J connectivity index is 1.66. The topological polar surface area (TPSA) is 63.2 Å². The molecule has 148 valence electrons. The second-order valence-electron chi connectivity index (χ2n) is 5.98.